The summed E-state index contributed by atoms with van der Waals surface area (Å²) < 4.78 is 0. The molecule has 0 aliphatic carbocycles. The summed E-state index contributed by atoms with van der Waals surface area (Å²) in [5.41, 5.74) is 0. The van der Waals surface area contributed by atoms with E-state index in [1.165, 1.54) is 0 Å². The topological polar surface area (TPSA) is 131 Å². The molecule has 1 amide bonds. The molecule has 0 saturated carbocycles. The molecule has 0 aromatic heterocycles. The second kappa shape index (κ2) is 6.70. The Labute approximate surface area is 90.3 Å². The van der Waals surface area contributed by atoms with Crippen molar-refractivity contribution in [3.63, 3.8) is 0 Å². The zero-order chi connectivity index (χ0) is 12.0. The van der Waals surface area contributed by atoms with Gasteiger partial charge in [0.15, 0.2) is 6.10 Å². The van der Waals surface area contributed by atoms with Crippen molar-refractivity contribution in [3.8, 4) is 0 Å². The van der Waals surface area contributed by atoms with Gasteiger partial charge in [-0.05, 0) is 12.2 Å². The maximum Gasteiger partial charge on any atom is 0.286 e. The minimum atomic E-state index is -2.03. The van der Waals surface area contributed by atoms with Crippen LogP contribution in [0.3, 0.4) is 0 Å². The molecule has 4 unspecified atom stereocenters. The highest BCUT2D eigenvalue weighted by Crippen LogP contribution is 2.06. The molecule has 5 N–H and O–H groups in total. The van der Waals surface area contributed by atoms with E-state index in [0.29, 0.717) is 0 Å². The number of amides is 1. The largest absolute Gasteiger partial charge is 0.394 e. The van der Waals surface area contributed by atoms with Crippen molar-refractivity contribution in [1.82, 2.24) is 0 Å². The zero-order valence-corrected chi connectivity index (χ0v) is 8.33. The molecule has 0 saturated heterocycles. The monoisotopic (exact) mass is 237 g/mol. The molecule has 7 nitrogen and oxygen atoms in total. The van der Waals surface area contributed by atoms with E-state index in [1.807, 2.05) is 0 Å². The highest BCUT2D eigenvalue weighted by molar-refractivity contribution is 7.78. The van der Waals surface area contributed by atoms with E-state index in [9.17, 15) is 9.90 Å². The minimum Gasteiger partial charge on any atom is -0.394 e. The first kappa shape index (κ1) is 14.3. The third kappa shape index (κ3) is 4.10. The molecule has 4 atom stereocenters. The fraction of sp³-hybridized carbons (Fsp3) is 0.714. The van der Waals surface area contributed by atoms with Crippen LogP contribution in [-0.2, 0) is 4.79 Å². The van der Waals surface area contributed by atoms with Crippen LogP contribution < -0.4 is 0 Å². The standard InChI is InChI=1S/C7H11NO6S/c9-1-3(10)4(11)5(12)6(13)7(14)8-2-15/h3-6,9-13H,1H2. The smallest absolute Gasteiger partial charge is 0.286 e. The Morgan fingerprint density at radius 1 is 1.27 bits per heavy atom. The van der Waals surface area contributed by atoms with Crippen LogP contribution >= 0.6 is 12.2 Å². The van der Waals surface area contributed by atoms with E-state index in [4.69, 9.17) is 20.4 Å². The van der Waals surface area contributed by atoms with Gasteiger partial charge in [-0.15, -0.1) is 0 Å². The van der Waals surface area contributed by atoms with Gasteiger partial charge in [-0.25, -0.2) is 0 Å². The molecule has 0 aliphatic heterocycles. The van der Waals surface area contributed by atoms with Gasteiger partial charge in [0, 0.05) is 0 Å². The number of carbonyl (C=O) groups is 1. The Bertz CT molecular complexity index is 266. The van der Waals surface area contributed by atoms with Gasteiger partial charge in [0.05, 0.1) is 11.8 Å². The number of aliphatic imine (C=N–C) groups is 1. The summed E-state index contributed by atoms with van der Waals surface area (Å²) in [6.45, 7) is -0.824. The van der Waals surface area contributed by atoms with Crippen LogP contribution in [0.25, 0.3) is 0 Å². The Hall–Kier alpha value is -0.730. The molecule has 0 heterocycles. The fourth-order valence-corrected chi connectivity index (χ4v) is 0.870. The van der Waals surface area contributed by atoms with Crippen molar-refractivity contribution in [3.05, 3.63) is 0 Å². The molecular formula is C7H11NO6S. The number of aliphatic hydroxyl groups is 5. The summed E-state index contributed by atoms with van der Waals surface area (Å²) >= 11 is 4.09. The van der Waals surface area contributed by atoms with E-state index in [-0.39, 0.29) is 0 Å². The van der Waals surface area contributed by atoms with Crippen molar-refractivity contribution in [2.45, 2.75) is 24.4 Å². The molecule has 0 bridgehead atoms. The lowest BCUT2D eigenvalue weighted by molar-refractivity contribution is -0.145. The Kier molecular flexibility index (Phi) is 6.37. The van der Waals surface area contributed by atoms with E-state index < -0.39 is 36.9 Å². The predicted octanol–water partition coefficient (Wildman–Crippen LogP) is -2.95. The van der Waals surface area contributed by atoms with Gasteiger partial charge >= 0.3 is 0 Å². The van der Waals surface area contributed by atoms with Crippen LogP contribution in [0.2, 0.25) is 0 Å². The molecule has 0 spiro atoms. The molecule has 0 fully saturated rings. The number of nitrogens with zero attached hydrogens (tertiary/aromatic N) is 1. The molecule has 0 rings (SSSR count). The Morgan fingerprint density at radius 3 is 2.20 bits per heavy atom. The number of rotatable bonds is 5. The third-order valence-electron chi connectivity index (χ3n) is 1.66. The van der Waals surface area contributed by atoms with E-state index in [2.05, 4.69) is 17.2 Å². The summed E-state index contributed by atoms with van der Waals surface area (Å²) in [7, 11) is 0. The summed E-state index contributed by atoms with van der Waals surface area (Å²) in [5.74, 6) is -1.19. The normalized spacial score (nSPS) is 18.5. The second-order valence-corrected chi connectivity index (χ2v) is 2.90. The van der Waals surface area contributed by atoms with Crippen molar-refractivity contribution < 1.29 is 30.3 Å². The molecular weight excluding hydrogens is 226 g/mol. The number of thiocarbonyl (C=S) groups is 1. The van der Waals surface area contributed by atoms with E-state index in [0.717, 1.165) is 0 Å². The van der Waals surface area contributed by atoms with Crippen LogP contribution in [0.1, 0.15) is 0 Å². The number of aliphatic hydroxyl groups excluding tert-OH is 5. The van der Waals surface area contributed by atoms with Gasteiger partial charge in [0.25, 0.3) is 5.91 Å². The first-order valence-electron chi connectivity index (χ1n) is 3.90. The van der Waals surface area contributed by atoms with Crippen LogP contribution in [-0.4, -0.2) is 67.6 Å². The molecule has 0 aliphatic rings. The second-order valence-electron chi connectivity index (χ2n) is 2.72. The molecule has 86 valence electrons. The number of isothiocyanates is 1. The van der Waals surface area contributed by atoms with Gasteiger partial charge in [-0.1, -0.05) is 0 Å². The minimum absolute atomic E-state index is 0.824. The number of hydrogen-bond acceptors (Lipinski definition) is 7. The molecule has 0 aromatic carbocycles. The summed E-state index contributed by atoms with van der Waals surface area (Å²) in [6, 6.07) is 0. The molecule has 0 radical (unpaired) electrons. The summed E-state index contributed by atoms with van der Waals surface area (Å²) in [6.07, 6.45) is -7.53. The van der Waals surface area contributed by atoms with Gasteiger partial charge in [-0.3, -0.25) is 4.79 Å². The summed E-state index contributed by atoms with van der Waals surface area (Å²) in [4.78, 5) is 13.7. The van der Waals surface area contributed by atoms with Gasteiger partial charge < -0.3 is 25.5 Å². The van der Waals surface area contributed by atoms with E-state index >= 15 is 0 Å². The average Bonchev–Trinajstić information content (AvgIpc) is 2.25. The quantitative estimate of drug-likeness (QED) is 0.255. The first-order chi connectivity index (χ1) is 6.95. The predicted molar refractivity (Wildman–Crippen MR) is 51.1 cm³/mol. The van der Waals surface area contributed by atoms with Crippen molar-refractivity contribution in [2.24, 2.45) is 4.99 Å². The van der Waals surface area contributed by atoms with Crippen LogP contribution in [0.15, 0.2) is 4.99 Å². The fourth-order valence-electron chi connectivity index (χ4n) is 0.780. The van der Waals surface area contributed by atoms with Crippen molar-refractivity contribution in [1.29, 1.82) is 0 Å². The van der Waals surface area contributed by atoms with Gasteiger partial charge in [0.1, 0.15) is 18.3 Å². The molecule has 8 heteroatoms. The van der Waals surface area contributed by atoms with Crippen molar-refractivity contribution in [2.75, 3.05) is 6.61 Å². The average molecular weight is 237 g/mol. The lowest BCUT2D eigenvalue weighted by atomic mass is 10.0. The van der Waals surface area contributed by atoms with Gasteiger partial charge in [-0.2, -0.15) is 4.99 Å². The Morgan fingerprint density at radius 2 is 1.80 bits per heavy atom. The van der Waals surface area contributed by atoms with Crippen LogP contribution in [0, 0.1) is 0 Å². The van der Waals surface area contributed by atoms with Crippen LogP contribution in [0.4, 0.5) is 0 Å². The Balaban J connectivity index is 4.49. The summed E-state index contributed by atoms with van der Waals surface area (Å²) in [5, 5.41) is 46.4. The lowest BCUT2D eigenvalue weighted by Crippen LogP contribution is -2.48. The number of hydrogen-bond donors (Lipinski definition) is 5. The van der Waals surface area contributed by atoms with Gasteiger partial charge in [0.2, 0.25) is 0 Å². The maximum atomic E-state index is 10.8. The zero-order valence-electron chi connectivity index (χ0n) is 7.52. The van der Waals surface area contributed by atoms with Crippen LogP contribution in [0.5, 0.6) is 0 Å². The van der Waals surface area contributed by atoms with Crippen molar-refractivity contribution >= 4 is 23.3 Å². The maximum absolute atomic E-state index is 10.8. The lowest BCUT2D eigenvalue weighted by Gasteiger charge is -2.23. The molecule has 0 aromatic rings. The highest BCUT2D eigenvalue weighted by atomic mass is 32.1. The van der Waals surface area contributed by atoms with E-state index in [1.54, 1.807) is 5.16 Å². The third-order valence-corrected chi connectivity index (χ3v) is 1.75. The SMILES string of the molecule is O=C(N=C=S)C(O)C(O)C(O)C(O)CO. The number of carbonyl (C=O) groups excluding carboxylic acids is 1. The highest BCUT2D eigenvalue weighted by Gasteiger charge is 2.33. The molecule has 15 heavy (non-hydrogen) atoms. The first-order valence-corrected chi connectivity index (χ1v) is 4.31.